The van der Waals surface area contributed by atoms with E-state index in [1.54, 1.807) is 37.3 Å². The average molecular weight is 417 g/mol. The molecular formula is C22H28N2O4S. The molecule has 0 aliphatic heterocycles. The van der Waals surface area contributed by atoms with Crippen LogP contribution in [0.25, 0.3) is 0 Å². The first-order valence-electron chi connectivity index (χ1n) is 9.88. The molecule has 0 radical (unpaired) electrons. The number of nitrogens with one attached hydrogen (secondary N) is 1. The second-order valence-corrected chi connectivity index (χ2v) is 9.47. The number of rotatable bonds is 7. The number of sulfonamides is 1. The molecule has 1 amide bonds. The zero-order valence-corrected chi connectivity index (χ0v) is 17.9. The Labute approximate surface area is 172 Å². The summed E-state index contributed by atoms with van der Waals surface area (Å²) >= 11 is 0. The third-order valence-corrected chi connectivity index (χ3v) is 6.31. The molecule has 1 atom stereocenters. The van der Waals surface area contributed by atoms with Gasteiger partial charge in [-0.3, -0.25) is 9.10 Å². The van der Waals surface area contributed by atoms with E-state index in [9.17, 15) is 13.2 Å². The minimum Gasteiger partial charge on any atom is -0.490 e. The highest BCUT2D eigenvalue weighted by Gasteiger charge is 2.29. The quantitative estimate of drug-likeness (QED) is 0.737. The van der Waals surface area contributed by atoms with E-state index in [4.69, 9.17) is 4.74 Å². The van der Waals surface area contributed by atoms with Gasteiger partial charge in [0.25, 0.3) is 0 Å². The van der Waals surface area contributed by atoms with Gasteiger partial charge < -0.3 is 10.1 Å². The van der Waals surface area contributed by atoms with E-state index >= 15 is 0 Å². The van der Waals surface area contributed by atoms with Crippen LogP contribution in [-0.2, 0) is 14.8 Å². The van der Waals surface area contributed by atoms with Crippen LogP contribution >= 0.6 is 0 Å². The number of nitrogens with zero attached hydrogens (tertiary/aromatic N) is 1. The zero-order valence-electron chi connectivity index (χ0n) is 17.1. The van der Waals surface area contributed by atoms with Gasteiger partial charge in [-0.15, -0.1) is 0 Å². The van der Waals surface area contributed by atoms with Crippen LogP contribution in [0.4, 0.5) is 11.4 Å². The van der Waals surface area contributed by atoms with Crippen molar-refractivity contribution in [2.24, 2.45) is 0 Å². The Balaban J connectivity index is 1.71. The topological polar surface area (TPSA) is 75.7 Å². The molecule has 1 aliphatic rings. The van der Waals surface area contributed by atoms with E-state index in [1.807, 2.05) is 25.1 Å². The van der Waals surface area contributed by atoms with Crippen molar-refractivity contribution >= 4 is 27.3 Å². The second-order valence-electron chi connectivity index (χ2n) is 7.61. The molecule has 1 fully saturated rings. The molecule has 29 heavy (non-hydrogen) atoms. The van der Waals surface area contributed by atoms with Gasteiger partial charge in [0.2, 0.25) is 15.9 Å². The summed E-state index contributed by atoms with van der Waals surface area (Å²) in [5.41, 5.74) is 1.98. The number of ether oxygens (including phenoxy) is 1. The van der Waals surface area contributed by atoms with Gasteiger partial charge in [0.15, 0.2) is 0 Å². The number of hydrogen-bond acceptors (Lipinski definition) is 4. The number of aryl methyl sites for hydroxylation is 1. The molecule has 0 spiro atoms. The highest BCUT2D eigenvalue weighted by Crippen LogP contribution is 2.26. The van der Waals surface area contributed by atoms with Gasteiger partial charge >= 0.3 is 0 Å². The summed E-state index contributed by atoms with van der Waals surface area (Å²) in [7, 11) is -3.64. The molecule has 3 rings (SSSR count). The molecule has 2 aromatic rings. The van der Waals surface area contributed by atoms with Crippen molar-refractivity contribution in [2.75, 3.05) is 15.9 Å². The first kappa shape index (κ1) is 21.2. The van der Waals surface area contributed by atoms with Crippen molar-refractivity contribution in [1.82, 2.24) is 0 Å². The first-order valence-corrected chi connectivity index (χ1v) is 11.7. The lowest BCUT2D eigenvalue weighted by molar-refractivity contribution is -0.116. The number of amides is 1. The normalized spacial score (nSPS) is 15.7. The van der Waals surface area contributed by atoms with Crippen molar-refractivity contribution in [1.29, 1.82) is 0 Å². The molecule has 0 heterocycles. The standard InChI is InChI=1S/C22H28N2O4S/c1-16-7-6-8-19(15-16)24(29(3,26)27)17(2)22(25)23-18-11-13-21(14-12-18)28-20-9-4-5-10-20/h6-8,11-15,17,20H,4-5,9-10H2,1-3H3,(H,23,25)/t17-/m1/s1. The summed E-state index contributed by atoms with van der Waals surface area (Å²) in [6.07, 6.45) is 5.94. The van der Waals surface area contributed by atoms with Gasteiger partial charge in [-0.1, -0.05) is 12.1 Å². The summed E-state index contributed by atoms with van der Waals surface area (Å²) in [5, 5.41) is 2.80. The van der Waals surface area contributed by atoms with Crippen molar-refractivity contribution in [3.63, 3.8) is 0 Å². The monoisotopic (exact) mass is 416 g/mol. The van der Waals surface area contributed by atoms with Crippen LogP contribution in [0.2, 0.25) is 0 Å². The number of anilines is 2. The Kier molecular flexibility index (Phi) is 6.47. The fourth-order valence-electron chi connectivity index (χ4n) is 3.64. The summed E-state index contributed by atoms with van der Waals surface area (Å²) in [6.45, 7) is 3.46. The number of hydrogen-bond donors (Lipinski definition) is 1. The Bertz CT molecular complexity index is 951. The van der Waals surface area contributed by atoms with Gasteiger partial charge in [0.05, 0.1) is 18.0 Å². The molecule has 1 aliphatic carbocycles. The molecule has 0 aromatic heterocycles. The second kappa shape index (κ2) is 8.86. The van der Waals surface area contributed by atoms with Gasteiger partial charge in [-0.05, 0) is 81.5 Å². The fourth-order valence-corrected chi connectivity index (χ4v) is 4.80. The van der Waals surface area contributed by atoms with Gasteiger partial charge in [-0.25, -0.2) is 8.42 Å². The van der Waals surface area contributed by atoms with E-state index < -0.39 is 22.0 Å². The van der Waals surface area contributed by atoms with Crippen LogP contribution in [-0.4, -0.2) is 32.7 Å². The van der Waals surface area contributed by atoms with E-state index in [1.165, 1.54) is 12.8 Å². The van der Waals surface area contributed by atoms with Gasteiger partial charge in [0, 0.05) is 5.69 Å². The van der Waals surface area contributed by atoms with Gasteiger partial charge in [-0.2, -0.15) is 0 Å². The molecule has 2 aromatic carbocycles. The summed E-state index contributed by atoms with van der Waals surface area (Å²) < 4.78 is 31.8. The molecule has 0 bridgehead atoms. The van der Waals surface area contributed by atoms with Crippen molar-refractivity contribution in [3.05, 3.63) is 54.1 Å². The Morgan fingerprint density at radius 1 is 1.14 bits per heavy atom. The van der Waals surface area contributed by atoms with E-state index in [-0.39, 0.29) is 6.10 Å². The summed E-state index contributed by atoms with van der Waals surface area (Å²) in [4.78, 5) is 12.8. The minimum absolute atomic E-state index is 0.271. The molecule has 0 saturated heterocycles. The average Bonchev–Trinajstić information content (AvgIpc) is 3.15. The zero-order chi connectivity index (χ0) is 21.0. The van der Waals surface area contributed by atoms with Crippen molar-refractivity contribution < 1.29 is 17.9 Å². The lowest BCUT2D eigenvalue weighted by Gasteiger charge is -2.28. The lowest BCUT2D eigenvalue weighted by atomic mass is 10.2. The van der Waals surface area contributed by atoms with Gasteiger partial charge in [0.1, 0.15) is 11.8 Å². The Morgan fingerprint density at radius 3 is 2.38 bits per heavy atom. The lowest BCUT2D eigenvalue weighted by Crippen LogP contribution is -2.45. The molecule has 156 valence electrons. The highest BCUT2D eigenvalue weighted by atomic mass is 32.2. The SMILES string of the molecule is Cc1cccc(N([C@H](C)C(=O)Nc2ccc(OC3CCCC3)cc2)S(C)(=O)=O)c1. The van der Waals surface area contributed by atoms with Crippen LogP contribution in [0, 0.1) is 6.92 Å². The minimum atomic E-state index is -3.64. The molecule has 1 saturated carbocycles. The van der Waals surface area contributed by atoms with E-state index in [0.717, 1.165) is 34.7 Å². The molecule has 0 unspecified atom stereocenters. The maximum Gasteiger partial charge on any atom is 0.247 e. The predicted molar refractivity (Wildman–Crippen MR) is 116 cm³/mol. The van der Waals surface area contributed by atoms with Crippen LogP contribution in [0.3, 0.4) is 0 Å². The smallest absolute Gasteiger partial charge is 0.247 e. The van der Waals surface area contributed by atoms with Crippen LogP contribution < -0.4 is 14.4 Å². The summed E-state index contributed by atoms with van der Waals surface area (Å²) in [6, 6.07) is 13.4. The number of benzene rings is 2. The van der Waals surface area contributed by atoms with Crippen LogP contribution in [0.1, 0.15) is 38.2 Å². The third kappa shape index (κ3) is 5.50. The van der Waals surface area contributed by atoms with Crippen LogP contribution in [0.5, 0.6) is 5.75 Å². The van der Waals surface area contributed by atoms with E-state index in [2.05, 4.69) is 5.32 Å². The Hall–Kier alpha value is -2.54. The van der Waals surface area contributed by atoms with Crippen molar-refractivity contribution in [3.8, 4) is 5.75 Å². The van der Waals surface area contributed by atoms with Crippen LogP contribution in [0.15, 0.2) is 48.5 Å². The number of carbonyl (C=O) groups is 1. The molecular weight excluding hydrogens is 388 g/mol. The maximum atomic E-state index is 12.8. The fraction of sp³-hybridized carbons (Fsp3) is 0.409. The predicted octanol–water partition coefficient (Wildman–Crippen LogP) is 4.11. The largest absolute Gasteiger partial charge is 0.490 e. The van der Waals surface area contributed by atoms with E-state index in [0.29, 0.717) is 11.4 Å². The Morgan fingerprint density at radius 2 is 1.79 bits per heavy atom. The number of carbonyl (C=O) groups excluding carboxylic acids is 1. The summed E-state index contributed by atoms with van der Waals surface area (Å²) in [5.74, 6) is 0.377. The molecule has 7 heteroatoms. The van der Waals surface area contributed by atoms with Crippen molar-refractivity contribution in [2.45, 2.75) is 51.7 Å². The first-order chi connectivity index (χ1) is 13.7. The highest BCUT2D eigenvalue weighted by molar-refractivity contribution is 7.92. The third-order valence-electron chi connectivity index (χ3n) is 5.07. The molecule has 1 N–H and O–H groups in total. The maximum absolute atomic E-state index is 12.8. The molecule has 6 nitrogen and oxygen atoms in total.